The molecule has 0 heterocycles. The molecule has 9 heteroatoms. The molecule has 0 aliphatic heterocycles. The van der Waals surface area contributed by atoms with Crippen molar-refractivity contribution in [3.05, 3.63) is 48.0 Å². The minimum absolute atomic E-state index is 0.0675. The molecule has 1 aliphatic carbocycles. The molecule has 0 atom stereocenters. The van der Waals surface area contributed by atoms with Crippen LogP contribution in [0.1, 0.15) is 37.7 Å². The Morgan fingerprint density at radius 1 is 1.10 bits per heavy atom. The summed E-state index contributed by atoms with van der Waals surface area (Å²) in [4.78, 5) is 12.2. The quantitative estimate of drug-likeness (QED) is 0.622. The molecule has 1 fully saturated rings. The van der Waals surface area contributed by atoms with Crippen LogP contribution in [-0.2, 0) is 16.5 Å². The topological polar surface area (TPSA) is 81.7 Å². The van der Waals surface area contributed by atoms with Crippen LogP contribution < -0.4 is 14.8 Å². The standard InChI is InChI=1S/C21H23F2NO5S/c22-20(23)29-19-10-9-17(28-21(25)24-16-7-2-1-3-8-16)12-18(19)15-6-4-5-14(11-15)13-30(26)27/h4-6,9-12,16,20,30H,1-3,7-8,13H2,(H,24,25). The number of hydrogen-bond acceptors (Lipinski definition) is 5. The van der Waals surface area contributed by atoms with Gasteiger partial charge >= 0.3 is 12.7 Å². The molecular formula is C21H23F2NO5S. The van der Waals surface area contributed by atoms with Crippen molar-refractivity contribution in [1.82, 2.24) is 5.32 Å². The highest BCUT2D eigenvalue weighted by Gasteiger charge is 2.18. The van der Waals surface area contributed by atoms with E-state index in [1.807, 2.05) is 0 Å². The van der Waals surface area contributed by atoms with E-state index in [0.29, 0.717) is 11.1 Å². The highest BCUT2D eigenvalue weighted by Crippen LogP contribution is 2.35. The van der Waals surface area contributed by atoms with E-state index >= 15 is 0 Å². The number of halogens is 2. The van der Waals surface area contributed by atoms with Gasteiger partial charge in [0.05, 0.1) is 5.75 Å². The number of benzene rings is 2. The summed E-state index contributed by atoms with van der Waals surface area (Å²) in [5.74, 6) is -0.109. The minimum Gasteiger partial charge on any atom is -0.434 e. The van der Waals surface area contributed by atoms with Crippen molar-refractivity contribution in [2.45, 2.75) is 50.5 Å². The summed E-state index contributed by atoms with van der Waals surface area (Å²) in [5.41, 5.74) is 1.24. The third kappa shape index (κ3) is 6.41. The van der Waals surface area contributed by atoms with E-state index < -0.39 is 23.4 Å². The van der Waals surface area contributed by atoms with E-state index in [0.717, 1.165) is 32.1 Å². The molecule has 2 aromatic rings. The molecule has 30 heavy (non-hydrogen) atoms. The van der Waals surface area contributed by atoms with E-state index in [-0.39, 0.29) is 28.9 Å². The first-order valence-corrected chi connectivity index (χ1v) is 11.1. The Kier molecular flexibility index (Phi) is 7.62. The predicted molar refractivity (Wildman–Crippen MR) is 109 cm³/mol. The van der Waals surface area contributed by atoms with Crippen molar-refractivity contribution in [2.75, 3.05) is 0 Å². The molecule has 0 aromatic heterocycles. The minimum atomic E-state index is -3.04. The maximum absolute atomic E-state index is 12.8. The number of thiol groups is 1. The van der Waals surface area contributed by atoms with E-state index in [1.54, 1.807) is 24.3 Å². The molecule has 0 radical (unpaired) electrons. The van der Waals surface area contributed by atoms with Gasteiger partial charge in [-0.3, -0.25) is 0 Å². The SMILES string of the molecule is O=C(NC1CCCCC1)Oc1ccc(OC(F)F)c(-c2cccc(C[SH](=O)=O)c2)c1. The van der Waals surface area contributed by atoms with Gasteiger partial charge in [0.25, 0.3) is 0 Å². The molecule has 3 rings (SSSR count). The number of carbonyl (C=O) groups excluding carboxylic acids is 1. The highest BCUT2D eigenvalue weighted by molar-refractivity contribution is 7.71. The van der Waals surface area contributed by atoms with Gasteiger partial charge in [0.1, 0.15) is 22.2 Å². The molecule has 6 nitrogen and oxygen atoms in total. The highest BCUT2D eigenvalue weighted by atomic mass is 32.2. The first-order valence-electron chi connectivity index (χ1n) is 9.69. The van der Waals surface area contributed by atoms with Gasteiger partial charge in [0, 0.05) is 11.6 Å². The molecule has 0 spiro atoms. The Morgan fingerprint density at radius 2 is 1.87 bits per heavy atom. The Hall–Kier alpha value is -2.68. The zero-order valence-electron chi connectivity index (χ0n) is 16.2. The van der Waals surface area contributed by atoms with Crippen LogP contribution in [0.5, 0.6) is 11.5 Å². The van der Waals surface area contributed by atoms with E-state index in [9.17, 15) is 22.0 Å². The summed E-state index contributed by atoms with van der Waals surface area (Å²) in [6.07, 6.45) is 4.46. The molecule has 1 aliphatic rings. The molecule has 1 saturated carbocycles. The van der Waals surface area contributed by atoms with Crippen LogP contribution in [0.15, 0.2) is 42.5 Å². The Bertz CT molecular complexity index is 950. The summed E-state index contributed by atoms with van der Waals surface area (Å²) in [5, 5.41) is 2.82. The second-order valence-electron chi connectivity index (χ2n) is 7.10. The number of amides is 1. The molecule has 0 saturated heterocycles. The molecule has 162 valence electrons. The van der Waals surface area contributed by atoms with Crippen LogP contribution in [0.2, 0.25) is 0 Å². The second kappa shape index (κ2) is 10.4. The maximum Gasteiger partial charge on any atom is 0.412 e. The lowest BCUT2D eigenvalue weighted by atomic mass is 9.96. The fraction of sp³-hybridized carbons (Fsp3) is 0.381. The van der Waals surface area contributed by atoms with Gasteiger partial charge in [-0.2, -0.15) is 8.78 Å². The predicted octanol–water partition coefficient (Wildman–Crippen LogP) is 4.49. The lowest BCUT2D eigenvalue weighted by Gasteiger charge is -2.22. The van der Waals surface area contributed by atoms with Crippen molar-refractivity contribution in [3.8, 4) is 22.6 Å². The summed E-state index contributed by atoms with van der Waals surface area (Å²) in [6, 6.07) is 10.6. The summed E-state index contributed by atoms with van der Waals surface area (Å²) in [7, 11) is -2.64. The fourth-order valence-corrected chi connectivity index (χ4v) is 4.03. The Labute approximate surface area is 175 Å². The van der Waals surface area contributed by atoms with Gasteiger partial charge in [0.2, 0.25) is 0 Å². The number of hydrogen-bond donors (Lipinski definition) is 2. The largest absolute Gasteiger partial charge is 0.434 e. The first-order chi connectivity index (χ1) is 14.4. The number of nitrogens with one attached hydrogen (secondary N) is 1. The van der Waals surface area contributed by atoms with Gasteiger partial charge in [0.15, 0.2) is 0 Å². The van der Waals surface area contributed by atoms with Gasteiger partial charge in [-0.1, -0.05) is 43.5 Å². The molecule has 0 bridgehead atoms. The fourth-order valence-electron chi connectivity index (χ4n) is 3.53. The zero-order chi connectivity index (χ0) is 21.5. The Morgan fingerprint density at radius 3 is 2.57 bits per heavy atom. The first kappa shape index (κ1) is 22.0. The normalized spacial score (nSPS) is 14.7. The number of ether oxygens (including phenoxy) is 2. The van der Waals surface area contributed by atoms with Gasteiger partial charge in [-0.05, 0) is 42.2 Å². The van der Waals surface area contributed by atoms with E-state index in [2.05, 4.69) is 10.1 Å². The summed E-state index contributed by atoms with van der Waals surface area (Å²) >= 11 is 0. The van der Waals surface area contributed by atoms with Crippen LogP contribution in [0.25, 0.3) is 11.1 Å². The molecule has 1 N–H and O–H groups in total. The van der Waals surface area contributed by atoms with Crippen molar-refractivity contribution in [1.29, 1.82) is 0 Å². The van der Waals surface area contributed by atoms with Crippen molar-refractivity contribution in [3.63, 3.8) is 0 Å². The number of carbonyl (C=O) groups is 1. The second-order valence-corrected chi connectivity index (χ2v) is 8.08. The van der Waals surface area contributed by atoms with E-state index in [4.69, 9.17) is 4.74 Å². The van der Waals surface area contributed by atoms with Crippen LogP contribution >= 0.6 is 0 Å². The maximum atomic E-state index is 12.8. The van der Waals surface area contributed by atoms with Crippen molar-refractivity contribution in [2.24, 2.45) is 0 Å². The van der Waals surface area contributed by atoms with Crippen LogP contribution in [0, 0.1) is 0 Å². The average molecular weight is 439 g/mol. The molecular weight excluding hydrogens is 416 g/mol. The van der Waals surface area contributed by atoms with Crippen molar-refractivity contribution < 1.29 is 31.5 Å². The van der Waals surface area contributed by atoms with Crippen LogP contribution in [0.3, 0.4) is 0 Å². The molecule has 0 unspecified atom stereocenters. The zero-order valence-corrected chi connectivity index (χ0v) is 17.1. The lowest BCUT2D eigenvalue weighted by molar-refractivity contribution is -0.0494. The Balaban J connectivity index is 1.84. The third-order valence-electron chi connectivity index (χ3n) is 4.85. The summed E-state index contributed by atoms with van der Waals surface area (Å²) in [6.45, 7) is -3.04. The summed E-state index contributed by atoms with van der Waals surface area (Å²) < 4.78 is 57.7. The van der Waals surface area contributed by atoms with E-state index in [1.165, 1.54) is 18.2 Å². The van der Waals surface area contributed by atoms with Gasteiger partial charge in [-0.25, -0.2) is 13.2 Å². The average Bonchev–Trinajstić information content (AvgIpc) is 2.69. The lowest BCUT2D eigenvalue weighted by Crippen LogP contribution is -2.38. The van der Waals surface area contributed by atoms with Crippen molar-refractivity contribution >= 4 is 16.8 Å². The number of rotatable bonds is 7. The molecule has 2 aromatic carbocycles. The van der Waals surface area contributed by atoms with Crippen LogP contribution in [0.4, 0.5) is 13.6 Å². The monoisotopic (exact) mass is 439 g/mol. The third-order valence-corrected chi connectivity index (χ3v) is 5.48. The van der Waals surface area contributed by atoms with Gasteiger partial charge in [-0.15, -0.1) is 0 Å². The van der Waals surface area contributed by atoms with Crippen LogP contribution in [-0.4, -0.2) is 27.2 Å². The molecule has 1 amide bonds. The van der Waals surface area contributed by atoms with Gasteiger partial charge < -0.3 is 14.8 Å². The smallest absolute Gasteiger partial charge is 0.412 e. The number of alkyl halides is 2.